The van der Waals surface area contributed by atoms with Crippen molar-refractivity contribution in [1.82, 2.24) is 5.32 Å². The number of ether oxygens (including phenoxy) is 1. The van der Waals surface area contributed by atoms with Crippen LogP contribution in [-0.2, 0) is 15.3 Å². The maximum atomic E-state index is 11.6. The molecule has 0 saturated carbocycles. The van der Waals surface area contributed by atoms with Crippen LogP contribution in [0.1, 0.15) is 12.5 Å². The van der Waals surface area contributed by atoms with Crippen molar-refractivity contribution in [2.45, 2.75) is 18.8 Å². The molecule has 0 radical (unpaired) electrons. The molecule has 0 fully saturated rings. The zero-order valence-corrected chi connectivity index (χ0v) is 13.0. The van der Waals surface area contributed by atoms with Crippen LogP contribution >= 0.6 is 23.4 Å². The highest BCUT2D eigenvalue weighted by Gasteiger charge is 2.07. The van der Waals surface area contributed by atoms with Gasteiger partial charge in [0.05, 0.1) is 18.5 Å². The van der Waals surface area contributed by atoms with Crippen LogP contribution in [0.2, 0.25) is 5.02 Å². The van der Waals surface area contributed by atoms with Crippen LogP contribution in [-0.4, -0.2) is 42.6 Å². The molecule has 1 aromatic rings. The van der Waals surface area contributed by atoms with Crippen molar-refractivity contribution in [3.05, 3.63) is 34.9 Å². The van der Waals surface area contributed by atoms with Crippen molar-refractivity contribution < 1.29 is 14.6 Å². The van der Waals surface area contributed by atoms with Gasteiger partial charge in [0.1, 0.15) is 0 Å². The Bertz CT molecular complexity index is 417. The number of thioether (sulfide) groups is 1. The summed E-state index contributed by atoms with van der Waals surface area (Å²) in [5.74, 6) is 0.929. The van der Waals surface area contributed by atoms with E-state index in [0.29, 0.717) is 23.1 Å². The number of hydrogen-bond donors (Lipinski definition) is 2. The Labute approximate surface area is 128 Å². The maximum Gasteiger partial charge on any atom is 0.230 e. The van der Waals surface area contributed by atoms with Gasteiger partial charge >= 0.3 is 0 Å². The number of rotatable bonds is 9. The smallest absolute Gasteiger partial charge is 0.230 e. The molecule has 6 heteroatoms. The minimum absolute atomic E-state index is 0.0994. The topological polar surface area (TPSA) is 58.6 Å². The summed E-state index contributed by atoms with van der Waals surface area (Å²) >= 11 is 7.52. The van der Waals surface area contributed by atoms with Gasteiger partial charge in [-0.2, -0.15) is 0 Å². The first-order valence-electron chi connectivity index (χ1n) is 6.47. The lowest BCUT2D eigenvalue weighted by molar-refractivity contribution is -0.119. The highest BCUT2D eigenvalue weighted by Crippen LogP contribution is 2.20. The fourth-order valence-electron chi connectivity index (χ4n) is 1.46. The van der Waals surface area contributed by atoms with E-state index in [1.807, 2.05) is 31.2 Å². The summed E-state index contributed by atoms with van der Waals surface area (Å²) in [6.07, 6.45) is -0.660. The van der Waals surface area contributed by atoms with Gasteiger partial charge < -0.3 is 15.2 Å². The summed E-state index contributed by atoms with van der Waals surface area (Å²) in [6.45, 7) is 2.87. The maximum absolute atomic E-state index is 11.6. The second kappa shape index (κ2) is 10.0. The van der Waals surface area contributed by atoms with Crippen molar-refractivity contribution in [3.63, 3.8) is 0 Å². The molecule has 2 N–H and O–H groups in total. The second-order valence-corrected chi connectivity index (χ2v) is 5.59. The number of benzene rings is 1. The zero-order valence-electron chi connectivity index (χ0n) is 11.5. The van der Waals surface area contributed by atoms with Gasteiger partial charge in [-0.05, 0) is 18.6 Å². The molecule has 0 aliphatic heterocycles. The highest BCUT2D eigenvalue weighted by atomic mass is 35.5. The lowest BCUT2D eigenvalue weighted by atomic mass is 10.2. The Hall–Kier alpha value is -0.750. The molecule has 1 aromatic carbocycles. The van der Waals surface area contributed by atoms with E-state index in [2.05, 4.69) is 5.32 Å². The molecular weight excluding hydrogens is 298 g/mol. The lowest BCUT2D eigenvalue weighted by Gasteiger charge is -2.11. The fraction of sp³-hybridized carbons (Fsp3) is 0.500. The van der Waals surface area contributed by atoms with Gasteiger partial charge in [0.15, 0.2) is 0 Å². The fourth-order valence-corrected chi connectivity index (χ4v) is 2.61. The number of aliphatic hydroxyl groups excluding tert-OH is 1. The Morgan fingerprint density at radius 2 is 2.25 bits per heavy atom. The molecule has 1 atom stereocenters. The van der Waals surface area contributed by atoms with Crippen LogP contribution in [0.5, 0.6) is 0 Å². The number of nitrogens with one attached hydrogen (secondary N) is 1. The minimum Gasteiger partial charge on any atom is -0.389 e. The molecule has 0 aromatic heterocycles. The van der Waals surface area contributed by atoms with Crippen LogP contribution in [0.25, 0.3) is 0 Å². The van der Waals surface area contributed by atoms with Gasteiger partial charge in [0.25, 0.3) is 0 Å². The summed E-state index contributed by atoms with van der Waals surface area (Å²) in [6, 6.07) is 7.58. The summed E-state index contributed by atoms with van der Waals surface area (Å²) in [5, 5.41) is 12.9. The number of halogens is 1. The quantitative estimate of drug-likeness (QED) is 0.732. The zero-order chi connectivity index (χ0) is 14.8. The van der Waals surface area contributed by atoms with E-state index in [4.69, 9.17) is 16.3 Å². The number of aliphatic hydroxyl groups is 1. The first-order valence-corrected chi connectivity index (χ1v) is 8.00. The van der Waals surface area contributed by atoms with E-state index in [0.717, 1.165) is 5.56 Å². The molecule has 20 heavy (non-hydrogen) atoms. The molecule has 112 valence electrons. The third-order valence-corrected chi connectivity index (χ3v) is 3.85. The number of amides is 1. The van der Waals surface area contributed by atoms with E-state index < -0.39 is 6.10 Å². The Balaban J connectivity index is 2.16. The van der Waals surface area contributed by atoms with Crippen LogP contribution in [0.4, 0.5) is 0 Å². The molecule has 0 saturated heterocycles. The highest BCUT2D eigenvalue weighted by molar-refractivity contribution is 7.99. The predicted octanol–water partition coefficient (Wildman–Crippen LogP) is 2.09. The van der Waals surface area contributed by atoms with E-state index in [-0.39, 0.29) is 19.1 Å². The standard InChI is InChI=1S/C14H20ClNO3S/c1-2-19-8-12(17)7-16-14(18)10-20-9-11-5-3-4-6-13(11)15/h3-6,12,17H,2,7-10H2,1H3,(H,16,18)/t12-/m0/s1. The molecule has 1 rings (SSSR count). The molecule has 0 heterocycles. The molecule has 0 aliphatic carbocycles. The summed E-state index contributed by atoms with van der Waals surface area (Å²) in [7, 11) is 0. The average molecular weight is 318 g/mol. The van der Waals surface area contributed by atoms with Gasteiger partial charge in [-0.1, -0.05) is 29.8 Å². The van der Waals surface area contributed by atoms with Crippen molar-refractivity contribution in [2.24, 2.45) is 0 Å². The lowest BCUT2D eigenvalue weighted by Crippen LogP contribution is -2.35. The van der Waals surface area contributed by atoms with Crippen molar-refractivity contribution in [3.8, 4) is 0 Å². The summed E-state index contributed by atoms with van der Waals surface area (Å²) in [5.41, 5.74) is 1.02. The van der Waals surface area contributed by atoms with E-state index in [1.165, 1.54) is 11.8 Å². The molecule has 0 spiro atoms. The second-order valence-electron chi connectivity index (χ2n) is 4.20. The van der Waals surface area contributed by atoms with Gasteiger partial charge in [-0.15, -0.1) is 11.8 Å². The molecule has 1 amide bonds. The molecule has 4 nitrogen and oxygen atoms in total. The number of carbonyl (C=O) groups is 1. The minimum atomic E-state index is -0.660. The summed E-state index contributed by atoms with van der Waals surface area (Å²) < 4.78 is 5.06. The Kier molecular flexibility index (Phi) is 8.69. The van der Waals surface area contributed by atoms with Crippen LogP contribution in [0, 0.1) is 0 Å². The largest absolute Gasteiger partial charge is 0.389 e. The predicted molar refractivity (Wildman–Crippen MR) is 83.1 cm³/mol. The normalized spacial score (nSPS) is 12.2. The monoisotopic (exact) mass is 317 g/mol. The third-order valence-electron chi connectivity index (χ3n) is 2.50. The van der Waals surface area contributed by atoms with Crippen LogP contribution in [0.3, 0.4) is 0 Å². The van der Waals surface area contributed by atoms with E-state index >= 15 is 0 Å². The average Bonchev–Trinajstić information content (AvgIpc) is 2.45. The van der Waals surface area contributed by atoms with Crippen molar-refractivity contribution in [1.29, 1.82) is 0 Å². The van der Waals surface area contributed by atoms with Crippen molar-refractivity contribution >= 4 is 29.3 Å². The van der Waals surface area contributed by atoms with Crippen LogP contribution < -0.4 is 5.32 Å². The SMILES string of the molecule is CCOC[C@@H](O)CNC(=O)CSCc1ccccc1Cl. The van der Waals surface area contributed by atoms with Gasteiger partial charge in [0, 0.05) is 23.9 Å². The van der Waals surface area contributed by atoms with E-state index in [1.54, 1.807) is 0 Å². The molecule has 0 unspecified atom stereocenters. The third kappa shape index (κ3) is 7.14. The van der Waals surface area contributed by atoms with E-state index in [9.17, 15) is 9.90 Å². The number of carbonyl (C=O) groups excluding carboxylic acids is 1. The van der Waals surface area contributed by atoms with Crippen molar-refractivity contribution in [2.75, 3.05) is 25.5 Å². The Morgan fingerprint density at radius 1 is 1.50 bits per heavy atom. The van der Waals surface area contributed by atoms with Gasteiger partial charge in [0.2, 0.25) is 5.91 Å². The number of hydrogen-bond acceptors (Lipinski definition) is 4. The Morgan fingerprint density at radius 3 is 2.95 bits per heavy atom. The molecular formula is C14H20ClNO3S. The van der Waals surface area contributed by atoms with Gasteiger partial charge in [-0.3, -0.25) is 4.79 Å². The first-order chi connectivity index (χ1) is 9.63. The molecule has 0 bridgehead atoms. The van der Waals surface area contributed by atoms with Crippen LogP contribution in [0.15, 0.2) is 24.3 Å². The summed E-state index contributed by atoms with van der Waals surface area (Å²) in [4.78, 5) is 11.6. The van der Waals surface area contributed by atoms with Gasteiger partial charge in [-0.25, -0.2) is 0 Å². The molecule has 0 aliphatic rings. The first kappa shape index (κ1) is 17.3.